The van der Waals surface area contributed by atoms with Gasteiger partial charge in [0.15, 0.2) is 0 Å². The molecule has 1 fully saturated rings. The van der Waals surface area contributed by atoms with Crippen LogP contribution in [0, 0.1) is 0 Å². The zero-order valence-electron chi connectivity index (χ0n) is 8.28. The number of aliphatic hydroxyl groups is 1. The van der Waals surface area contributed by atoms with Crippen molar-refractivity contribution in [2.45, 2.75) is 25.4 Å². The van der Waals surface area contributed by atoms with Crippen LogP contribution in [-0.2, 0) is 11.3 Å². The first kappa shape index (κ1) is 9.69. The van der Waals surface area contributed by atoms with E-state index in [0.29, 0.717) is 5.92 Å². The van der Waals surface area contributed by atoms with Gasteiger partial charge in [-0.2, -0.15) is 0 Å². The molecule has 1 saturated heterocycles. The number of benzene rings is 1. The van der Waals surface area contributed by atoms with Crippen molar-refractivity contribution in [3.63, 3.8) is 0 Å². The second-order valence-electron chi connectivity index (χ2n) is 3.79. The Hall–Kier alpha value is -0.860. The molecule has 2 heteroatoms. The quantitative estimate of drug-likeness (QED) is 0.777. The molecule has 0 bridgehead atoms. The van der Waals surface area contributed by atoms with Crippen molar-refractivity contribution < 1.29 is 9.84 Å². The predicted molar refractivity (Wildman–Crippen MR) is 55.2 cm³/mol. The highest BCUT2D eigenvalue weighted by Crippen LogP contribution is 2.26. The van der Waals surface area contributed by atoms with Crippen molar-refractivity contribution in [3.05, 3.63) is 35.4 Å². The highest BCUT2D eigenvalue weighted by Gasteiger charge is 2.15. The molecule has 1 aromatic carbocycles. The van der Waals surface area contributed by atoms with Crippen LogP contribution < -0.4 is 0 Å². The number of hydrogen-bond donors (Lipinski definition) is 1. The minimum absolute atomic E-state index is 0.133. The number of aliphatic hydroxyl groups excluding tert-OH is 1. The Balaban J connectivity index is 2.07. The van der Waals surface area contributed by atoms with E-state index < -0.39 is 0 Å². The first-order valence-corrected chi connectivity index (χ1v) is 5.17. The minimum atomic E-state index is 0.133. The smallest absolute Gasteiger partial charge is 0.0681 e. The van der Waals surface area contributed by atoms with E-state index in [2.05, 4.69) is 12.1 Å². The highest BCUT2D eigenvalue weighted by molar-refractivity contribution is 5.25. The first-order valence-electron chi connectivity index (χ1n) is 5.17. The second kappa shape index (κ2) is 4.58. The third-order valence-electron chi connectivity index (χ3n) is 2.85. The van der Waals surface area contributed by atoms with Gasteiger partial charge < -0.3 is 9.84 Å². The van der Waals surface area contributed by atoms with E-state index in [1.54, 1.807) is 0 Å². The van der Waals surface area contributed by atoms with E-state index in [-0.39, 0.29) is 6.61 Å². The Morgan fingerprint density at radius 3 is 2.36 bits per heavy atom. The van der Waals surface area contributed by atoms with Gasteiger partial charge in [0, 0.05) is 13.2 Å². The lowest BCUT2D eigenvalue weighted by Crippen LogP contribution is -2.13. The van der Waals surface area contributed by atoms with Crippen molar-refractivity contribution in [1.82, 2.24) is 0 Å². The van der Waals surface area contributed by atoms with Crippen molar-refractivity contribution >= 4 is 0 Å². The van der Waals surface area contributed by atoms with Gasteiger partial charge in [0.25, 0.3) is 0 Å². The first-order chi connectivity index (χ1) is 6.90. The third kappa shape index (κ3) is 2.14. The van der Waals surface area contributed by atoms with Crippen LogP contribution in [-0.4, -0.2) is 18.3 Å². The van der Waals surface area contributed by atoms with Gasteiger partial charge >= 0.3 is 0 Å². The molecule has 0 radical (unpaired) electrons. The van der Waals surface area contributed by atoms with E-state index in [9.17, 15) is 0 Å². The zero-order chi connectivity index (χ0) is 9.80. The maximum Gasteiger partial charge on any atom is 0.0681 e. The molecule has 1 heterocycles. The molecule has 2 nitrogen and oxygen atoms in total. The normalized spacial score (nSPS) is 18.4. The van der Waals surface area contributed by atoms with Gasteiger partial charge in [-0.25, -0.2) is 0 Å². The maximum atomic E-state index is 8.92. The summed E-state index contributed by atoms with van der Waals surface area (Å²) < 4.78 is 5.33. The molecule has 1 aromatic rings. The fraction of sp³-hybridized carbons (Fsp3) is 0.500. The number of rotatable bonds is 2. The zero-order valence-corrected chi connectivity index (χ0v) is 8.28. The summed E-state index contributed by atoms with van der Waals surface area (Å²) in [6.45, 7) is 1.90. The Kier molecular flexibility index (Phi) is 3.17. The van der Waals surface area contributed by atoms with Crippen LogP contribution in [0.2, 0.25) is 0 Å². The number of hydrogen-bond acceptors (Lipinski definition) is 2. The molecule has 0 saturated carbocycles. The van der Waals surface area contributed by atoms with Gasteiger partial charge in [-0.05, 0) is 29.9 Å². The molecule has 1 aliphatic heterocycles. The molecule has 0 aromatic heterocycles. The Morgan fingerprint density at radius 1 is 1.14 bits per heavy atom. The van der Waals surface area contributed by atoms with Gasteiger partial charge in [-0.15, -0.1) is 0 Å². The SMILES string of the molecule is OCc1ccc(C2CCOCC2)cc1. The Morgan fingerprint density at radius 2 is 1.79 bits per heavy atom. The lowest BCUT2D eigenvalue weighted by Gasteiger charge is -2.22. The van der Waals surface area contributed by atoms with E-state index in [1.807, 2.05) is 12.1 Å². The number of ether oxygens (including phenoxy) is 1. The van der Waals surface area contributed by atoms with E-state index in [4.69, 9.17) is 9.84 Å². The fourth-order valence-electron chi connectivity index (χ4n) is 1.93. The Labute approximate surface area is 84.5 Å². The summed E-state index contributed by atoms with van der Waals surface area (Å²) in [6.07, 6.45) is 2.25. The molecular formula is C12H16O2. The molecule has 1 aliphatic rings. The van der Waals surface area contributed by atoms with Crippen LogP contribution in [0.3, 0.4) is 0 Å². The molecule has 14 heavy (non-hydrogen) atoms. The summed E-state index contributed by atoms with van der Waals surface area (Å²) in [5.74, 6) is 0.650. The predicted octanol–water partition coefficient (Wildman–Crippen LogP) is 2.07. The fourth-order valence-corrected chi connectivity index (χ4v) is 1.93. The molecule has 0 amide bonds. The lowest BCUT2D eigenvalue weighted by molar-refractivity contribution is 0.0853. The molecule has 0 unspecified atom stereocenters. The molecule has 0 aliphatic carbocycles. The summed E-state index contributed by atoms with van der Waals surface area (Å²) in [7, 11) is 0. The third-order valence-corrected chi connectivity index (χ3v) is 2.85. The van der Waals surface area contributed by atoms with Crippen LogP contribution in [0.25, 0.3) is 0 Å². The van der Waals surface area contributed by atoms with Crippen LogP contribution in [0.4, 0.5) is 0 Å². The molecular weight excluding hydrogens is 176 g/mol. The molecule has 1 N–H and O–H groups in total. The minimum Gasteiger partial charge on any atom is -0.392 e. The van der Waals surface area contributed by atoms with E-state index in [1.165, 1.54) is 5.56 Å². The second-order valence-corrected chi connectivity index (χ2v) is 3.79. The summed E-state index contributed by atoms with van der Waals surface area (Å²) in [5, 5.41) is 8.92. The summed E-state index contributed by atoms with van der Waals surface area (Å²) in [6, 6.07) is 8.26. The van der Waals surface area contributed by atoms with Crippen LogP contribution in [0.15, 0.2) is 24.3 Å². The van der Waals surface area contributed by atoms with Gasteiger partial charge in [0.05, 0.1) is 6.61 Å². The van der Waals surface area contributed by atoms with E-state index >= 15 is 0 Å². The monoisotopic (exact) mass is 192 g/mol. The van der Waals surface area contributed by atoms with Gasteiger partial charge in [0.2, 0.25) is 0 Å². The molecule has 0 spiro atoms. The molecule has 76 valence electrons. The van der Waals surface area contributed by atoms with Crippen LogP contribution in [0.1, 0.15) is 29.9 Å². The van der Waals surface area contributed by atoms with Gasteiger partial charge in [-0.1, -0.05) is 24.3 Å². The van der Waals surface area contributed by atoms with Gasteiger partial charge in [0.1, 0.15) is 0 Å². The molecule has 2 rings (SSSR count). The lowest BCUT2D eigenvalue weighted by atomic mass is 9.91. The van der Waals surface area contributed by atoms with Crippen molar-refractivity contribution in [1.29, 1.82) is 0 Å². The average Bonchev–Trinajstić information content (AvgIpc) is 2.30. The largest absolute Gasteiger partial charge is 0.392 e. The van der Waals surface area contributed by atoms with Crippen LogP contribution >= 0.6 is 0 Å². The summed E-state index contributed by atoms with van der Waals surface area (Å²) in [5.41, 5.74) is 2.37. The van der Waals surface area contributed by atoms with Gasteiger partial charge in [-0.3, -0.25) is 0 Å². The highest BCUT2D eigenvalue weighted by atomic mass is 16.5. The van der Waals surface area contributed by atoms with Crippen molar-refractivity contribution in [3.8, 4) is 0 Å². The van der Waals surface area contributed by atoms with Crippen LogP contribution in [0.5, 0.6) is 0 Å². The summed E-state index contributed by atoms with van der Waals surface area (Å²) >= 11 is 0. The maximum absolute atomic E-state index is 8.92. The van der Waals surface area contributed by atoms with Crippen molar-refractivity contribution in [2.75, 3.05) is 13.2 Å². The van der Waals surface area contributed by atoms with E-state index in [0.717, 1.165) is 31.6 Å². The topological polar surface area (TPSA) is 29.5 Å². The average molecular weight is 192 g/mol. The molecule has 0 atom stereocenters. The van der Waals surface area contributed by atoms with Crippen molar-refractivity contribution in [2.24, 2.45) is 0 Å². The summed E-state index contributed by atoms with van der Waals surface area (Å²) in [4.78, 5) is 0. The standard InChI is InChI=1S/C12H16O2/c13-9-10-1-3-11(4-2-10)12-5-7-14-8-6-12/h1-4,12-13H,5-9H2. The Bertz CT molecular complexity index is 273.